The van der Waals surface area contributed by atoms with Gasteiger partial charge in [0, 0.05) is 6.42 Å². The van der Waals surface area contributed by atoms with Crippen molar-refractivity contribution in [2.75, 3.05) is 13.4 Å². The summed E-state index contributed by atoms with van der Waals surface area (Å²) in [5.74, 6) is 0.328. The molecule has 0 bridgehead atoms. The van der Waals surface area contributed by atoms with Gasteiger partial charge in [-0.2, -0.15) is 0 Å². The van der Waals surface area contributed by atoms with Crippen molar-refractivity contribution in [3.63, 3.8) is 0 Å². The lowest BCUT2D eigenvalue weighted by Gasteiger charge is -2.17. The molecule has 1 aliphatic rings. The minimum atomic E-state index is 0.328. The number of hydrogen-bond donors (Lipinski definition) is 0. The molecule has 2 atom stereocenters. The maximum Gasteiger partial charge on any atom is 0.147 e. The number of hydrogen-bond acceptors (Lipinski definition) is 2. The molecular formula is C4H9O2P. The Labute approximate surface area is 45.4 Å². The van der Waals surface area contributed by atoms with Gasteiger partial charge in [-0.15, -0.1) is 9.24 Å². The lowest BCUT2D eigenvalue weighted by molar-refractivity contribution is -0.109. The molecule has 0 amide bonds. The third-order valence-corrected chi connectivity index (χ3v) is 1.44. The maximum atomic E-state index is 5.02. The summed E-state index contributed by atoms with van der Waals surface area (Å²) in [6.45, 7) is 1.31. The molecule has 3 heteroatoms. The summed E-state index contributed by atoms with van der Waals surface area (Å²) in [4.78, 5) is 0. The molecule has 1 rings (SSSR count). The van der Waals surface area contributed by atoms with Crippen LogP contribution in [0.4, 0.5) is 0 Å². The summed E-state index contributed by atoms with van der Waals surface area (Å²) in [6.07, 6.45) is 1.00. The Kier molecular flexibility index (Phi) is 2.04. The van der Waals surface area contributed by atoms with Crippen molar-refractivity contribution in [3.8, 4) is 0 Å². The summed E-state index contributed by atoms with van der Waals surface area (Å²) >= 11 is 0. The van der Waals surface area contributed by atoms with Crippen molar-refractivity contribution in [1.82, 2.24) is 0 Å². The molecule has 0 aromatic heterocycles. The first-order chi connectivity index (χ1) is 3.39. The predicted molar refractivity (Wildman–Crippen MR) is 30.0 cm³/mol. The summed E-state index contributed by atoms with van der Waals surface area (Å²) in [5, 5.41) is 0. The predicted octanol–water partition coefficient (Wildman–Crippen LogP) is 0.582. The molecule has 1 heterocycles. The van der Waals surface area contributed by atoms with E-state index in [0.717, 1.165) is 13.0 Å². The van der Waals surface area contributed by atoms with E-state index in [9.17, 15) is 0 Å². The SMILES string of the molecule is PC1CCOCO1. The van der Waals surface area contributed by atoms with Crippen LogP contribution in [0.1, 0.15) is 6.42 Å². The summed E-state index contributed by atoms with van der Waals surface area (Å²) in [6, 6.07) is 0. The zero-order valence-electron chi connectivity index (χ0n) is 4.09. The topological polar surface area (TPSA) is 18.5 Å². The van der Waals surface area contributed by atoms with Gasteiger partial charge in [-0.1, -0.05) is 0 Å². The Morgan fingerprint density at radius 2 is 2.43 bits per heavy atom. The highest BCUT2D eigenvalue weighted by atomic mass is 31.0. The van der Waals surface area contributed by atoms with Gasteiger partial charge in [-0.3, -0.25) is 0 Å². The highest BCUT2D eigenvalue weighted by Crippen LogP contribution is 2.10. The number of rotatable bonds is 0. The Hall–Kier alpha value is 0.350. The van der Waals surface area contributed by atoms with Gasteiger partial charge in [0.05, 0.1) is 12.5 Å². The van der Waals surface area contributed by atoms with Gasteiger partial charge in [-0.25, -0.2) is 0 Å². The normalized spacial score (nSPS) is 33.0. The van der Waals surface area contributed by atoms with Gasteiger partial charge >= 0.3 is 0 Å². The minimum Gasteiger partial charge on any atom is -0.355 e. The van der Waals surface area contributed by atoms with Gasteiger partial charge < -0.3 is 9.47 Å². The third kappa shape index (κ3) is 1.72. The van der Waals surface area contributed by atoms with E-state index >= 15 is 0 Å². The van der Waals surface area contributed by atoms with Crippen molar-refractivity contribution in [2.24, 2.45) is 0 Å². The van der Waals surface area contributed by atoms with E-state index in [1.165, 1.54) is 0 Å². The molecule has 0 radical (unpaired) electrons. The van der Waals surface area contributed by atoms with Crippen molar-refractivity contribution < 1.29 is 9.47 Å². The Bertz CT molecular complexity index is 51.7. The van der Waals surface area contributed by atoms with Crippen LogP contribution in [-0.4, -0.2) is 19.2 Å². The first kappa shape index (κ1) is 5.49. The largest absolute Gasteiger partial charge is 0.355 e. The highest BCUT2D eigenvalue weighted by molar-refractivity contribution is 7.17. The lowest BCUT2D eigenvalue weighted by Crippen LogP contribution is -2.17. The molecule has 0 aromatic carbocycles. The first-order valence-electron chi connectivity index (χ1n) is 2.34. The van der Waals surface area contributed by atoms with Crippen LogP contribution in [0.3, 0.4) is 0 Å². The molecule has 0 aromatic rings. The molecule has 1 saturated heterocycles. The van der Waals surface area contributed by atoms with Gasteiger partial charge in [0.2, 0.25) is 0 Å². The van der Waals surface area contributed by atoms with Crippen LogP contribution in [0.2, 0.25) is 0 Å². The summed E-state index contributed by atoms with van der Waals surface area (Å²) < 4.78 is 9.92. The van der Waals surface area contributed by atoms with Gasteiger partial charge in [-0.05, 0) is 0 Å². The van der Waals surface area contributed by atoms with Gasteiger partial charge in [0.25, 0.3) is 0 Å². The number of ether oxygens (including phenoxy) is 2. The molecule has 0 saturated carbocycles. The van der Waals surface area contributed by atoms with E-state index in [4.69, 9.17) is 9.47 Å². The Morgan fingerprint density at radius 3 is 2.71 bits per heavy atom. The smallest absolute Gasteiger partial charge is 0.147 e. The van der Waals surface area contributed by atoms with Crippen LogP contribution in [0, 0.1) is 0 Å². The van der Waals surface area contributed by atoms with Crippen LogP contribution < -0.4 is 0 Å². The second kappa shape index (κ2) is 2.61. The molecule has 1 fully saturated rings. The molecular weight excluding hydrogens is 111 g/mol. The van der Waals surface area contributed by atoms with E-state index in [0.29, 0.717) is 12.6 Å². The Morgan fingerprint density at radius 1 is 1.57 bits per heavy atom. The minimum absolute atomic E-state index is 0.328. The van der Waals surface area contributed by atoms with E-state index in [1.54, 1.807) is 0 Å². The fourth-order valence-electron chi connectivity index (χ4n) is 0.477. The molecule has 2 unspecified atom stereocenters. The maximum absolute atomic E-state index is 5.02. The summed E-state index contributed by atoms with van der Waals surface area (Å²) in [7, 11) is 2.60. The Balaban J connectivity index is 2.12. The van der Waals surface area contributed by atoms with Crippen molar-refractivity contribution in [3.05, 3.63) is 0 Å². The van der Waals surface area contributed by atoms with Crippen LogP contribution >= 0.6 is 9.24 Å². The monoisotopic (exact) mass is 120 g/mol. The van der Waals surface area contributed by atoms with Crippen LogP contribution in [0.5, 0.6) is 0 Å². The fraction of sp³-hybridized carbons (Fsp3) is 1.00. The molecule has 42 valence electrons. The fourth-order valence-corrected chi connectivity index (χ4v) is 0.692. The molecule has 0 aliphatic carbocycles. The van der Waals surface area contributed by atoms with Crippen LogP contribution in [-0.2, 0) is 9.47 Å². The molecule has 7 heavy (non-hydrogen) atoms. The molecule has 2 nitrogen and oxygen atoms in total. The summed E-state index contributed by atoms with van der Waals surface area (Å²) in [5.41, 5.74) is 0. The third-order valence-electron chi connectivity index (χ3n) is 0.912. The van der Waals surface area contributed by atoms with Gasteiger partial charge in [0.15, 0.2) is 0 Å². The van der Waals surface area contributed by atoms with E-state index < -0.39 is 0 Å². The van der Waals surface area contributed by atoms with Crippen LogP contribution in [0.15, 0.2) is 0 Å². The van der Waals surface area contributed by atoms with Crippen LogP contribution in [0.25, 0.3) is 0 Å². The average molecular weight is 120 g/mol. The van der Waals surface area contributed by atoms with Crippen molar-refractivity contribution in [2.45, 2.75) is 12.3 Å². The molecule has 0 N–H and O–H groups in total. The van der Waals surface area contributed by atoms with E-state index in [-0.39, 0.29) is 0 Å². The highest BCUT2D eigenvalue weighted by Gasteiger charge is 2.06. The van der Waals surface area contributed by atoms with Crippen molar-refractivity contribution >= 4 is 9.24 Å². The van der Waals surface area contributed by atoms with Crippen molar-refractivity contribution in [1.29, 1.82) is 0 Å². The second-order valence-electron chi connectivity index (χ2n) is 1.52. The lowest BCUT2D eigenvalue weighted by atomic mass is 10.5. The average Bonchev–Trinajstić information content (AvgIpc) is 1.69. The molecule has 1 aliphatic heterocycles. The zero-order chi connectivity index (χ0) is 5.11. The quantitative estimate of drug-likeness (QED) is 0.435. The first-order valence-corrected chi connectivity index (χ1v) is 3.01. The van der Waals surface area contributed by atoms with Gasteiger partial charge in [0.1, 0.15) is 6.79 Å². The van der Waals surface area contributed by atoms with E-state index in [1.807, 2.05) is 0 Å². The zero-order valence-corrected chi connectivity index (χ0v) is 5.25. The van der Waals surface area contributed by atoms with E-state index in [2.05, 4.69) is 9.24 Å². The standard InChI is InChI=1S/C4H9O2P/c7-4-1-2-5-3-6-4/h4H,1-3,7H2. The molecule has 0 spiro atoms. The second-order valence-corrected chi connectivity index (χ2v) is 2.26.